The highest BCUT2D eigenvalue weighted by Gasteiger charge is 2.54. The number of amidine groups is 1. The number of ether oxygens (including phenoxy) is 1. The number of aromatic nitrogens is 3. The predicted octanol–water partition coefficient (Wildman–Crippen LogP) is 4.58. The Morgan fingerprint density at radius 2 is 1.95 bits per heavy atom. The van der Waals surface area contributed by atoms with Crippen LogP contribution in [0.15, 0.2) is 50.5 Å². The largest absolute Gasteiger partial charge is 0.470 e. The van der Waals surface area contributed by atoms with Gasteiger partial charge < -0.3 is 15.0 Å². The van der Waals surface area contributed by atoms with Gasteiger partial charge in [-0.05, 0) is 38.0 Å². The molecule has 2 N–H and O–H groups in total. The smallest absolute Gasteiger partial charge is 0.272 e. The van der Waals surface area contributed by atoms with Gasteiger partial charge in [0, 0.05) is 24.2 Å². The van der Waals surface area contributed by atoms with Gasteiger partial charge in [0.05, 0.1) is 27.9 Å². The zero-order chi connectivity index (χ0) is 27.1. The van der Waals surface area contributed by atoms with Gasteiger partial charge in [-0.2, -0.15) is 0 Å². The molecule has 38 heavy (non-hydrogen) atoms. The van der Waals surface area contributed by atoms with E-state index >= 15 is 4.39 Å². The van der Waals surface area contributed by atoms with Crippen molar-refractivity contribution in [2.45, 2.75) is 49.3 Å². The quantitative estimate of drug-likeness (QED) is 0.477. The third-order valence-corrected chi connectivity index (χ3v) is 10.6. The molecule has 202 valence electrons. The van der Waals surface area contributed by atoms with Crippen molar-refractivity contribution in [2.75, 3.05) is 19.4 Å². The summed E-state index contributed by atoms with van der Waals surface area (Å²) in [5.74, 6) is 0.0833. The van der Waals surface area contributed by atoms with E-state index in [0.717, 1.165) is 12.8 Å². The summed E-state index contributed by atoms with van der Waals surface area (Å²) < 4.78 is 67.8. The van der Waals surface area contributed by atoms with Crippen LogP contribution >= 0.6 is 0 Å². The third-order valence-electron chi connectivity index (χ3n) is 7.22. The average Bonchev–Trinajstić information content (AvgIpc) is 3.59. The minimum absolute atomic E-state index is 0.0451. The number of nitrogens with zero attached hydrogens (tertiary/aromatic N) is 5. The average molecular weight is 549 g/mol. The van der Waals surface area contributed by atoms with Crippen LogP contribution in [0.3, 0.4) is 0 Å². The number of halogens is 3. The Labute approximate surface area is 217 Å². The van der Waals surface area contributed by atoms with Crippen LogP contribution in [-0.4, -0.2) is 55.7 Å². The lowest BCUT2D eigenvalue weighted by atomic mass is 9.91. The summed E-state index contributed by atoms with van der Waals surface area (Å²) in [6, 6.07) is 6.02. The van der Waals surface area contributed by atoms with Crippen molar-refractivity contribution < 1.29 is 26.6 Å². The Bertz CT molecular complexity index is 1490. The van der Waals surface area contributed by atoms with Crippen LogP contribution in [0.1, 0.15) is 38.2 Å². The van der Waals surface area contributed by atoms with Gasteiger partial charge in [-0.15, -0.1) is 0 Å². The first-order valence-electron chi connectivity index (χ1n) is 12.1. The third kappa shape index (κ3) is 4.42. The van der Waals surface area contributed by atoms with Crippen molar-refractivity contribution in [1.82, 2.24) is 15.1 Å². The minimum Gasteiger partial charge on any atom is -0.470 e. The Kier molecular flexibility index (Phi) is 6.66. The molecular formula is C25H27F3N6O3S. The van der Waals surface area contributed by atoms with Crippen LogP contribution < -0.4 is 10.5 Å². The van der Waals surface area contributed by atoms with Crippen LogP contribution in [0.4, 0.5) is 13.2 Å². The molecule has 1 aliphatic heterocycles. The Morgan fingerprint density at radius 1 is 1.18 bits per heavy atom. The van der Waals surface area contributed by atoms with Gasteiger partial charge in [-0.3, -0.25) is 4.99 Å². The fourth-order valence-corrected chi connectivity index (χ4v) is 8.31. The molecule has 0 unspecified atom stereocenters. The van der Waals surface area contributed by atoms with Crippen molar-refractivity contribution in [3.05, 3.63) is 48.0 Å². The number of hydrogen-bond donors (Lipinski definition) is 1. The van der Waals surface area contributed by atoms with Crippen LogP contribution in [-0.2, 0) is 15.3 Å². The molecule has 2 atom stereocenters. The summed E-state index contributed by atoms with van der Waals surface area (Å²) in [4.78, 5) is 12.8. The topological polar surface area (TPSA) is 129 Å². The first kappa shape index (κ1) is 26.1. The molecule has 0 radical (unpaired) electrons. The number of rotatable bonds is 6. The lowest BCUT2D eigenvalue weighted by Gasteiger charge is -2.42. The SMILES string of the molecule is CN=[S@@]1(=O)C[C@@](C)(c2cc(-c3cc(-c4cnc(OCC(F)F)cn4)no3)ccc2F)N=C(N)C12CCCC2. The van der Waals surface area contributed by atoms with E-state index in [0.29, 0.717) is 35.6 Å². The summed E-state index contributed by atoms with van der Waals surface area (Å²) in [5, 5.41) is 4.00. The Morgan fingerprint density at radius 3 is 2.61 bits per heavy atom. The first-order chi connectivity index (χ1) is 18.1. The molecule has 2 aromatic heterocycles. The Balaban J connectivity index is 1.47. The van der Waals surface area contributed by atoms with E-state index in [-0.39, 0.29) is 23.0 Å². The molecule has 2 aliphatic rings. The van der Waals surface area contributed by atoms with E-state index < -0.39 is 38.9 Å². The predicted molar refractivity (Wildman–Crippen MR) is 136 cm³/mol. The minimum atomic E-state index is -2.81. The van der Waals surface area contributed by atoms with Gasteiger partial charge in [0.15, 0.2) is 12.4 Å². The van der Waals surface area contributed by atoms with Gasteiger partial charge in [-0.25, -0.2) is 31.7 Å². The summed E-state index contributed by atoms with van der Waals surface area (Å²) in [6.45, 7) is 0.930. The monoisotopic (exact) mass is 548 g/mol. The van der Waals surface area contributed by atoms with Crippen LogP contribution in [0, 0.1) is 5.82 Å². The molecular weight excluding hydrogens is 521 g/mol. The molecule has 5 rings (SSSR count). The number of alkyl halides is 2. The molecule has 3 aromatic rings. The summed E-state index contributed by atoms with van der Waals surface area (Å²) in [6.07, 6.45) is 3.00. The standard InChI is InChI=1S/C25H27F3N6O3S/c1-24(14-38(35,30-2)25(23(29)33-24)7-3-4-8-25)16-9-15(5-6-17(16)26)20-10-18(34-37-20)19-11-32-22(12-31-19)36-13-21(27)28/h5-6,9-12,21H,3-4,7-8,13-14H2,1-2H3,(H2,29,33)/t24-,38+/m0/s1. The molecule has 1 fully saturated rings. The van der Waals surface area contributed by atoms with Crippen LogP contribution in [0.25, 0.3) is 22.7 Å². The van der Waals surface area contributed by atoms with Gasteiger partial charge >= 0.3 is 0 Å². The summed E-state index contributed by atoms with van der Waals surface area (Å²) in [7, 11) is -1.28. The van der Waals surface area contributed by atoms with E-state index in [9.17, 15) is 13.0 Å². The molecule has 0 saturated heterocycles. The molecule has 1 saturated carbocycles. The zero-order valence-corrected chi connectivity index (χ0v) is 21.7. The van der Waals surface area contributed by atoms with Crippen LogP contribution in [0.2, 0.25) is 0 Å². The van der Waals surface area contributed by atoms with E-state index in [2.05, 4.69) is 19.5 Å². The number of hydrogen-bond acceptors (Lipinski definition) is 9. The zero-order valence-electron chi connectivity index (χ0n) is 20.9. The highest BCUT2D eigenvalue weighted by Crippen LogP contribution is 2.46. The molecule has 13 heteroatoms. The molecule has 0 bridgehead atoms. The van der Waals surface area contributed by atoms with E-state index in [1.54, 1.807) is 19.1 Å². The number of nitrogens with two attached hydrogens (primary N) is 1. The first-order valence-corrected chi connectivity index (χ1v) is 13.8. The van der Waals surface area contributed by atoms with Crippen molar-refractivity contribution in [2.24, 2.45) is 15.1 Å². The highest BCUT2D eigenvalue weighted by atomic mass is 32.2. The van der Waals surface area contributed by atoms with E-state index in [1.165, 1.54) is 31.6 Å². The van der Waals surface area contributed by atoms with Gasteiger partial charge in [0.1, 0.15) is 33.3 Å². The second-order valence-electron chi connectivity index (χ2n) is 9.65. The van der Waals surface area contributed by atoms with Crippen LogP contribution in [0.5, 0.6) is 5.88 Å². The highest BCUT2D eigenvalue weighted by molar-refractivity contribution is 7.95. The summed E-state index contributed by atoms with van der Waals surface area (Å²) in [5.41, 5.74) is 6.65. The normalized spacial score (nSPS) is 24.5. The van der Waals surface area contributed by atoms with Gasteiger partial charge in [0.25, 0.3) is 6.43 Å². The fraction of sp³-hybridized carbons (Fsp3) is 0.440. The van der Waals surface area contributed by atoms with Gasteiger partial charge in [-0.1, -0.05) is 18.0 Å². The van der Waals surface area contributed by atoms with Crippen molar-refractivity contribution in [3.8, 4) is 28.6 Å². The maximum atomic E-state index is 15.2. The molecule has 1 aromatic carbocycles. The molecule has 3 heterocycles. The van der Waals surface area contributed by atoms with E-state index in [1.807, 2.05) is 0 Å². The maximum absolute atomic E-state index is 15.2. The van der Waals surface area contributed by atoms with Crippen molar-refractivity contribution >= 4 is 15.6 Å². The van der Waals surface area contributed by atoms with Crippen molar-refractivity contribution in [3.63, 3.8) is 0 Å². The molecule has 0 amide bonds. The Hall–Kier alpha value is -3.48. The van der Waals surface area contributed by atoms with Gasteiger partial charge in [0.2, 0.25) is 5.88 Å². The number of benzene rings is 1. The van der Waals surface area contributed by atoms with E-state index in [4.69, 9.17) is 20.0 Å². The lowest BCUT2D eigenvalue weighted by molar-refractivity contribution is 0.0794. The second kappa shape index (κ2) is 9.68. The molecule has 1 spiro atoms. The molecule has 1 aliphatic carbocycles. The van der Waals surface area contributed by atoms with Crippen molar-refractivity contribution in [1.29, 1.82) is 0 Å². The lowest BCUT2D eigenvalue weighted by Crippen LogP contribution is -2.56. The fourth-order valence-electron chi connectivity index (χ4n) is 5.28. The number of aliphatic imine (C=N–C) groups is 1. The molecule has 9 nitrogen and oxygen atoms in total. The maximum Gasteiger partial charge on any atom is 0.272 e. The summed E-state index contributed by atoms with van der Waals surface area (Å²) >= 11 is 0. The second-order valence-corrected chi connectivity index (χ2v) is 12.4.